The smallest absolute Gasteiger partial charge is 0.358 e. The van der Waals surface area contributed by atoms with Crippen LogP contribution >= 0.6 is 0 Å². The molecule has 2 aromatic heterocycles. The van der Waals surface area contributed by atoms with E-state index in [1.54, 1.807) is 31.3 Å². The Bertz CT molecular complexity index is 553. The summed E-state index contributed by atoms with van der Waals surface area (Å²) in [6.45, 7) is 1.55. The highest BCUT2D eigenvalue weighted by molar-refractivity contribution is 5.92. The molecule has 0 saturated carbocycles. The molecule has 7 nitrogen and oxygen atoms in total. The Hall–Kier alpha value is -2.28. The minimum atomic E-state index is -1.17. The Morgan fingerprint density at radius 2 is 2.28 bits per heavy atom. The lowest BCUT2D eigenvalue weighted by atomic mass is 10.2. The lowest BCUT2D eigenvalue weighted by Crippen LogP contribution is -2.13. The average molecular weight is 248 g/mol. The third-order valence-corrected chi connectivity index (χ3v) is 2.49. The Morgan fingerprint density at radius 1 is 1.50 bits per heavy atom. The van der Waals surface area contributed by atoms with Gasteiger partial charge in [0, 0.05) is 6.20 Å². The van der Waals surface area contributed by atoms with Gasteiger partial charge in [0.1, 0.15) is 5.69 Å². The largest absolute Gasteiger partial charge is 0.476 e. The molecule has 0 radical (unpaired) electrons. The van der Waals surface area contributed by atoms with Crippen LogP contribution in [0.3, 0.4) is 0 Å². The number of aromatic nitrogens is 4. The fraction of sp³-hybridized carbons (Fsp3) is 0.273. The number of aromatic carboxylic acids is 1. The molecule has 2 rings (SSSR count). The number of aliphatic hydroxyl groups is 1. The third kappa shape index (κ3) is 2.07. The molecule has 94 valence electrons. The number of carboxylic acids is 1. The summed E-state index contributed by atoms with van der Waals surface area (Å²) in [6, 6.07) is 4.77. The number of rotatable bonds is 4. The third-order valence-electron chi connectivity index (χ3n) is 2.49. The van der Waals surface area contributed by atoms with Crippen molar-refractivity contribution in [3.05, 3.63) is 30.1 Å². The lowest BCUT2D eigenvalue weighted by Gasteiger charge is -2.11. The van der Waals surface area contributed by atoms with Crippen molar-refractivity contribution in [1.29, 1.82) is 0 Å². The molecule has 0 amide bonds. The van der Waals surface area contributed by atoms with Gasteiger partial charge in [0.25, 0.3) is 0 Å². The maximum atomic E-state index is 11.1. The molecule has 18 heavy (non-hydrogen) atoms. The Labute approximate surface area is 103 Å². The first kappa shape index (κ1) is 12.2. The van der Waals surface area contributed by atoms with Gasteiger partial charge in [0.15, 0.2) is 5.69 Å². The van der Waals surface area contributed by atoms with Crippen LogP contribution in [0.15, 0.2) is 24.4 Å². The van der Waals surface area contributed by atoms with Crippen molar-refractivity contribution in [2.75, 3.05) is 6.61 Å². The van der Waals surface area contributed by atoms with E-state index in [1.807, 2.05) is 0 Å². The molecule has 0 aliphatic heterocycles. The van der Waals surface area contributed by atoms with E-state index in [4.69, 9.17) is 10.2 Å². The lowest BCUT2D eigenvalue weighted by molar-refractivity contribution is 0.0691. The summed E-state index contributed by atoms with van der Waals surface area (Å²) in [6.07, 6.45) is 1.56. The van der Waals surface area contributed by atoms with Crippen LogP contribution in [0.4, 0.5) is 0 Å². The first-order valence-corrected chi connectivity index (χ1v) is 5.36. The Morgan fingerprint density at radius 3 is 2.83 bits per heavy atom. The van der Waals surface area contributed by atoms with Crippen LogP contribution in [-0.2, 0) is 0 Å². The van der Waals surface area contributed by atoms with E-state index in [0.29, 0.717) is 11.4 Å². The van der Waals surface area contributed by atoms with Gasteiger partial charge in [-0.05, 0) is 19.1 Å². The van der Waals surface area contributed by atoms with Gasteiger partial charge in [-0.1, -0.05) is 11.3 Å². The van der Waals surface area contributed by atoms with Crippen molar-refractivity contribution in [2.45, 2.75) is 13.0 Å². The number of nitrogens with zero attached hydrogens (tertiary/aromatic N) is 4. The Kier molecular flexibility index (Phi) is 3.33. The molecule has 1 unspecified atom stereocenters. The van der Waals surface area contributed by atoms with Gasteiger partial charge in [-0.2, -0.15) is 0 Å². The topological polar surface area (TPSA) is 101 Å². The van der Waals surface area contributed by atoms with Crippen LogP contribution in [0, 0.1) is 0 Å². The fourth-order valence-corrected chi connectivity index (χ4v) is 1.56. The van der Waals surface area contributed by atoms with Crippen LogP contribution in [0.2, 0.25) is 0 Å². The van der Waals surface area contributed by atoms with Crippen LogP contribution in [0.25, 0.3) is 11.4 Å². The van der Waals surface area contributed by atoms with Gasteiger partial charge < -0.3 is 10.2 Å². The van der Waals surface area contributed by atoms with Gasteiger partial charge in [0.2, 0.25) is 0 Å². The second-order valence-electron chi connectivity index (χ2n) is 3.78. The summed E-state index contributed by atoms with van der Waals surface area (Å²) >= 11 is 0. The van der Waals surface area contributed by atoms with Crippen molar-refractivity contribution in [2.24, 2.45) is 0 Å². The highest BCUT2D eigenvalue weighted by Crippen LogP contribution is 2.22. The summed E-state index contributed by atoms with van der Waals surface area (Å²) in [5.41, 5.74) is 0.582. The molecule has 2 N–H and O–H groups in total. The quantitative estimate of drug-likeness (QED) is 0.821. The SMILES string of the molecule is CC(CO)n1nnc(C(=O)O)c1-c1ccccn1. The van der Waals surface area contributed by atoms with Crippen LogP contribution in [0.1, 0.15) is 23.5 Å². The minimum absolute atomic E-state index is 0.164. The van der Waals surface area contributed by atoms with E-state index in [9.17, 15) is 4.79 Å². The molecule has 1 atom stereocenters. The molecule has 0 aromatic carbocycles. The maximum Gasteiger partial charge on any atom is 0.358 e. The zero-order valence-electron chi connectivity index (χ0n) is 9.69. The van der Waals surface area contributed by atoms with E-state index < -0.39 is 5.97 Å². The molecule has 0 saturated heterocycles. The van der Waals surface area contributed by atoms with Crippen molar-refractivity contribution < 1.29 is 15.0 Å². The standard InChI is InChI=1S/C11H12N4O3/c1-7(6-16)15-10(8-4-2-3-5-12-8)9(11(17)18)13-14-15/h2-5,7,16H,6H2,1H3,(H,17,18). The molecule has 0 fully saturated rings. The molecule has 0 spiro atoms. The van der Waals surface area contributed by atoms with Crippen molar-refractivity contribution >= 4 is 5.97 Å². The summed E-state index contributed by atoms with van der Waals surface area (Å²) in [4.78, 5) is 15.2. The predicted octanol–water partition coefficient (Wildman–Crippen LogP) is 0.592. The fourth-order valence-electron chi connectivity index (χ4n) is 1.56. The number of carboxylic acid groups (broad SMARTS) is 1. The summed E-state index contributed by atoms with van der Waals surface area (Å²) in [7, 11) is 0. The van der Waals surface area contributed by atoms with Gasteiger partial charge in [-0.3, -0.25) is 4.98 Å². The molecule has 0 aliphatic rings. The minimum Gasteiger partial charge on any atom is -0.476 e. The predicted molar refractivity (Wildman–Crippen MR) is 62.0 cm³/mol. The number of hydrogen-bond acceptors (Lipinski definition) is 5. The van der Waals surface area contributed by atoms with Crippen LogP contribution < -0.4 is 0 Å². The number of hydrogen-bond donors (Lipinski definition) is 2. The second kappa shape index (κ2) is 4.92. The Balaban J connectivity index is 2.61. The van der Waals surface area contributed by atoms with Crippen molar-refractivity contribution in [1.82, 2.24) is 20.0 Å². The molecular weight excluding hydrogens is 236 g/mol. The highest BCUT2D eigenvalue weighted by Gasteiger charge is 2.23. The van der Waals surface area contributed by atoms with Gasteiger partial charge in [0.05, 0.1) is 18.3 Å². The zero-order chi connectivity index (χ0) is 13.1. The summed E-state index contributed by atoms with van der Waals surface area (Å²) in [5.74, 6) is -1.17. The first-order chi connectivity index (χ1) is 8.65. The normalized spacial score (nSPS) is 12.3. The zero-order valence-corrected chi connectivity index (χ0v) is 9.69. The van der Waals surface area contributed by atoms with Gasteiger partial charge in [-0.15, -0.1) is 5.10 Å². The molecule has 7 heteroatoms. The monoisotopic (exact) mass is 248 g/mol. The van der Waals surface area contributed by atoms with E-state index in [2.05, 4.69) is 15.3 Å². The van der Waals surface area contributed by atoms with E-state index >= 15 is 0 Å². The van der Waals surface area contributed by atoms with Crippen molar-refractivity contribution in [3.8, 4) is 11.4 Å². The van der Waals surface area contributed by atoms with Gasteiger partial charge >= 0.3 is 5.97 Å². The molecule has 0 bridgehead atoms. The molecule has 2 aromatic rings. The number of aliphatic hydroxyl groups excluding tert-OH is 1. The average Bonchev–Trinajstić information content (AvgIpc) is 2.83. The highest BCUT2D eigenvalue weighted by atomic mass is 16.4. The second-order valence-corrected chi connectivity index (χ2v) is 3.78. The van der Waals surface area contributed by atoms with E-state index in [-0.39, 0.29) is 18.3 Å². The first-order valence-electron chi connectivity index (χ1n) is 5.36. The summed E-state index contributed by atoms with van der Waals surface area (Å²) in [5, 5.41) is 25.6. The van der Waals surface area contributed by atoms with Crippen LogP contribution in [-0.4, -0.2) is 42.8 Å². The van der Waals surface area contributed by atoms with E-state index in [0.717, 1.165) is 0 Å². The molecular formula is C11H12N4O3. The molecule has 2 heterocycles. The summed E-state index contributed by atoms with van der Waals surface area (Å²) < 4.78 is 1.37. The van der Waals surface area contributed by atoms with Crippen LogP contribution in [0.5, 0.6) is 0 Å². The number of pyridine rings is 1. The van der Waals surface area contributed by atoms with Gasteiger partial charge in [-0.25, -0.2) is 9.48 Å². The van der Waals surface area contributed by atoms with Crippen molar-refractivity contribution in [3.63, 3.8) is 0 Å². The maximum absolute atomic E-state index is 11.1. The number of carbonyl (C=O) groups is 1. The molecule has 0 aliphatic carbocycles. The van der Waals surface area contributed by atoms with E-state index in [1.165, 1.54) is 4.68 Å².